The number of nitrogen functional groups attached to an aromatic ring is 2. The van der Waals surface area contributed by atoms with E-state index in [-0.39, 0.29) is 0 Å². The number of nitrogens with two attached hydrogens (primary N) is 2. The summed E-state index contributed by atoms with van der Waals surface area (Å²) < 4.78 is 9.90. The Morgan fingerprint density at radius 3 is 1.50 bits per heavy atom. The molecule has 26 heavy (non-hydrogen) atoms. The van der Waals surface area contributed by atoms with Gasteiger partial charge in [0.25, 0.3) is 0 Å². The number of hydrogen-bond donors (Lipinski definition) is 2. The molecule has 6 heteroatoms. The molecule has 6 nitrogen and oxygen atoms in total. The molecule has 4 N–H and O–H groups in total. The summed E-state index contributed by atoms with van der Waals surface area (Å²) in [6, 6.07) is 9.93. The van der Waals surface area contributed by atoms with Crippen molar-refractivity contribution in [3.63, 3.8) is 0 Å². The fraction of sp³-hybridized carbons (Fsp3) is 0.200. The van der Waals surface area contributed by atoms with Crippen molar-refractivity contribution < 1.29 is 19.1 Å². The van der Waals surface area contributed by atoms with Crippen LogP contribution >= 0.6 is 0 Å². The largest absolute Gasteiger partial charge is 0.462 e. The van der Waals surface area contributed by atoms with Gasteiger partial charge < -0.3 is 20.9 Å². The summed E-state index contributed by atoms with van der Waals surface area (Å²) in [5.41, 5.74) is 15.2. The number of carbonyl (C=O) groups excluding carboxylic acids is 2. The van der Waals surface area contributed by atoms with Gasteiger partial charge in [-0.3, -0.25) is 0 Å². The maximum Gasteiger partial charge on any atom is 0.338 e. The van der Waals surface area contributed by atoms with Crippen molar-refractivity contribution in [1.82, 2.24) is 0 Å². The normalized spacial score (nSPS) is 10.7. The van der Waals surface area contributed by atoms with E-state index in [1.54, 1.807) is 62.4 Å². The van der Waals surface area contributed by atoms with Gasteiger partial charge in [0.1, 0.15) is 0 Å². The summed E-state index contributed by atoms with van der Waals surface area (Å²) in [4.78, 5) is 23.4. The van der Waals surface area contributed by atoms with Crippen LogP contribution in [0.5, 0.6) is 0 Å². The summed E-state index contributed by atoms with van der Waals surface area (Å²) in [6.07, 6.45) is 3.58. The van der Waals surface area contributed by atoms with E-state index in [4.69, 9.17) is 20.9 Å². The molecule has 0 spiro atoms. The lowest BCUT2D eigenvalue weighted by molar-refractivity contribution is 0.0517. The first-order valence-electron chi connectivity index (χ1n) is 8.27. The highest BCUT2D eigenvalue weighted by atomic mass is 16.5. The third-order valence-corrected chi connectivity index (χ3v) is 3.64. The molecular weight excluding hydrogens is 332 g/mol. The van der Waals surface area contributed by atoms with Crippen molar-refractivity contribution in [2.24, 2.45) is 0 Å². The standard InChI is InChI=1S/C20H22N2O4/c1-3-25-19(23)15-9-7-13(17(21)11-15)5-6-14-8-10-16(12-18(14)22)20(24)26-4-2/h5-12H,3-4,21-22H2,1-2H3. The average Bonchev–Trinajstić information content (AvgIpc) is 2.61. The van der Waals surface area contributed by atoms with Crippen LogP contribution in [0.2, 0.25) is 0 Å². The maximum absolute atomic E-state index is 11.7. The van der Waals surface area contributed by atoms with Crippen LogP contribution in [0.1, 0.15) is 45.7 Å². The molecule has 0 unspecified atom stereocenters. The fourth-order valence-corrected chi connectivity index (χ4v) is 2.32. The molecule has 0 fully saturated rings. The van der Waals surface area contributed by atoms with Crippen LogP contribution in [-0.2, 0) is 9.47 Å². The van der Waals surface area contributed by atoms with Crippen molar-refractivity contribution >= 4 is 35.5 Å². The van der Waals surface area contributed by atoms with E-state index in [0.717, 1.165) is 11.1 Å². The van der Waals surface area contributed by atoms with Gasteiger partial charge in [-0.15, -0.1) is 0 Å². The summed E-state index contributed by atoms with van der Waals surface area (Å²) >= 11 is 0. The zero-order valence-electron chi connectivity index (χ0n) is 14.8. The molecule has 2 aromatic carbocycles. The first-order chi connectivity index (χ1) is 12.5. The van der Waals surface area contributed by atoms with Crippen LogP contribution in [0.15, 0.2) is 36.4 Å². The second-order valence-corrected chi connectivity index (χ2v) is 5.46. The van der Waals surface area contributed by atoms with Gasteiger partial charge in [0.05, 0.1) is 24.3 Å². The van der Waals surface area contributed by atoms with Crippen LogP contribution in [0, 0.1) is 0 Å². The maximum atomic E-state index is 11.7. The number of ether oxygens (including phenoxy) is 2. The fourth-order valence-electron chi connectivity index (χ4n) is 2.32. The van der Waals surface area contributed by atoms with Crippen LogP contribution in [0.25, 0.3) is 12.2 Å². The number of hydrogen-bond acceptors (Lipinski definition) is 6. The predicted octanol–water partition coefficient (Wildman–Crippen LogP) is 3.37. The molecule has 0 aliphatic rings. The van der Waals surface area contributed by atoms with E-state index in [1.807, 2.05) is 0 Å². The molecule has 0 saturated carbocycles. The molecule has 0 bridgehead atoms. The van der Waals surface area contributed by atoms with Crippen LogP contribution in [-0.4, -0.2) is 25.2 Å². The summed E-state index contributed by atoms with van der Waals surface area (Å²) in [6.45, 7) is 4.11. The monoisotopic (exact) mass is 354 g/mol. The Morgan fingerprint density at radius 1 is 0.808 bits per heavy atom. The second kappa shape index (κ2) is 8.71. The van der Waals surface area contributed by atoms with Crippen LogP contribution in [0.4, 0.5) is 11.4 Å². The van der Waals surface area contributed by atoms with Gasteiger partial charge >= 0.3 is 11.9 Å². The summed E-state index contributed by atoms with van der Waals surface area (Å²) in [5, 5.41) is 0. The van der Waals surface area contributed by atoms with Gasteiger partial charge in [-0.2, -0.15) is 0 Å². The molecule has 136 valence electrons. The van der Waals surface area contributed by atoms with E-state index >= 15 is 0 Å². The summed E-state index contributed by atoms with van der Waals surface area (Å²) in [7, 11) is 0. The van der Waals surface area contributed by atoms with Crippen molar-refractivity contribution in [2.45, 2.75) is 13.8 Å². The Balaban J connectivity index is 2.19. The molecule has 0 amide bonds. The first-order valence-corrected chi connectivity index (χ1v) is 8.27. The number of carbonyl (C=O) groups is 2. The average molecular weight is 354 g/mol. The minimum Gasteiger partial charge on any atom is -0.462 e. The van der Waals surface area contributed by atoms with Crippen molar-refractivity contribution in [2.75, 3.05) is 24.7 Å². The smallest absolute Gasteiger partial charge is 0.338 e. The highest BCUT2D eigenvalue weighted by Gasteiger charge is 2.09. The zero-order chi connectivity index (χ0) is 19.1. The molecular formula is C20H22N2O4. The van der Waals surface area contributed by atoms with Crippen molar-refractivity contribution in [1.29, 1.82) is 0 Å². The van der Waals surface area contributed by atoms with E-state index in [1.165, 1.54) is 0 Å². The van der Waals surface area contributed by atoms with E-state index in [9.17, 15) is 9.59 Å². The van der Waals surface area contributed by atoms with E-state index < -0.39 is 11.9 Å². The Morgan fingerprint density at radius 2 is 1.19 bits per heavy atom. The van der Waals surface area contributed by atoms with Gasteiger partial charge in [0.2, 0.25) is 0 Å². The molecule has 0 aliphatic carbocycles. The van der Waals surface area contributed by atoms with Crippen LogP contribution in [0.3, 0.4) is 0 Å². The van der Waals surface area contributed by atoms with E-state index in [0.29, 0.717) is 35.7 Å². The Bertz CT molecular complexity index is 774. The van der Waals surface area contributed by atoms with Crippen LogP contribution < -0.4 is 11.5 Å². The molecule has 2 aromatic rings. The molecule has 0 saturated heterocycles. The van der Waals surface area contributed by atoms with Gasteiger partial charge in [0.15, 0.2) is 0 Å². The quantitative estimate of drug-likeness (QED) is 0.468. The predicted molar refractivity (Wildman–Crippen MR) is 103 cm³/mol. The minimum atomic E-state index is -0.409. The highest BCUT2D eigenvalue weighted by molar-refractivity contribution is 5.93. The van der Waals surface area contributed by atoms with Gasteiger partial charge in [0, 0.05) is 11.4 Å². The SMILES string of the molecule is CCOC(=O)c1ccc(C=Cc2ccc(C(=O)OCC)cc2N)c(N)c1. The Kier molecular flexibility index (Phi) is 6.38. The minimum absolute atomic E-state index is 0.307. The topological polar surface area (TPSA) is 105 Å². The first kappa shape index (κ1) is 19.1. The lowest BCUT2D eigenvalue weighted by Crippen LogP contribution is -2.05. The van der Waals surface area contributed by atoms with Gasteiger partial charge in [-0.05, 0) is 49.2 Å². The third kappa shape index (κ3) is 4.63. The number of benzene rings is 2. The number of rotatable bonds is 6. The van der Waals surface area contributed by atoms with Gasteiger partial charge in [-0.1, -0.05) is 24.3 Å². The lowest BCUT2D eigenvalue weighted by Gasteiger charge is -2.07. The van der Waals surface area contributed by atoms with Crippen molar-refractivity contribution in [3.8, 4) is 0 Å². The number of esters is 2. The zero-order valence-corrected chi connectivity index (χ0v) is 14.8. The third-order valence-electron chi connectivity index (χ3n) is 3.64. The molecule has 0 radical (unpaired) electrons. The molecule has 2 rings (SSSR count). The van der Waals surface area contributed by atoms with Crippen molar-refractivity contribution in [3.05, 3.63) is 58.7 Å². The molecule has 0 heterocycles. The molecule has 0 aromatic heterocycles. The second-order valence-electron chi connectivity index (χ2n) is 5.46. The number of anilines is 2. The highest BCUT2D eigenvalue weighted by Crippen LogP contribution is 2.21. The van der Waals surface area contributed by atoms with E-state index in [2.05, 4.69) is 0 Å². The van der Waals surface area contributed by atoms with Gasteiger partial charge in [-0.25, -0.2) is 9.59 Å². The lowest BCUT2D eigenvalue weighted by atomic mass is 10.1. The Labute approximate surface area is 152 Å². The molecule has 0 atom stereocenters. The summed E-state index contributed by atoms with van der Waals surface area (Å²) in [5.74, 6) is -0.818. The molecule has 0 aliphatic heterocycles. The Hall–Kier alpha value is -3.28.